The zero-order valence-corrected chi connectivity index (χ0v) is 13.0. The first-order valence-corrected chi connectivity index (χ1v) is 8.28. The first kappa shape index (κ1) is 15.5. The lowest BCUT2D eigenvalue weighted by atomic mass is 10.2. The van der Waals surface area contributed by atoms with Crippen LogP contribution in [0.3, 0.4) is 0 Å². The Bertz CT molecular complexity index is 711. The highest BCUT2D eigenvalue weighted by Crippen LogP contribution is 2.16. The van der Waals surface area contributed by atoms with Crippen molar-refractivity contribution in [3.63, 3.8) is 0 Å². The average Bonchev–Trinajstić information content (AvgIpc) is 2.46. The van der Waals surface area contributed by atoms with Crippen LogP contribution in [0.4, 0.5) is 0 Å². The fourth-order valence-electron chi connectivity index (χ4n) is 2.03. The Morgan fingerprint density at radius 1 is 1.10 bits per heavy atom. The number of aryl methyl sites for hydroxylation is 1. The Kier molecular flexibility index (Phi) is 4.98. The van der Waals surface area contributed by atoms with E-state index in [9.17, 15) is 8.42 Å². The van der Waals surface area contributed by atoms with Crippen LogP contribution >= 0.6 is 0 Å². The van der Waals surface area contributed by atoms with Crippen molar-refractivity contribution in [2.45, 2.75) is 25.3 Å². The first-order valence-electron chi connectivity index (χ1n) is 6.80. The fraction of sp³-hybridized carbons (Fsp3) is 0.250. The average molecular weight is 305 g/mol. The molecule has 0 unspecified atom stereocenters. The monoisotopic (exact) mass is 305 g/mol. The zero-order chi connectivity index (χ0) is 15.3. The summed E-state index contributed by atoms with van der Waals surface area (Å²) in [5, 5.41) is 0. The summed E-state index contributed by atoms with van der Waals surface area (Å²) in [7, 11) is -3.51. The van der Waals surface area contributed by atoms with Crippen molar-refractivity contribution in [2.75, 3.05) is 6.61 Å². The second-order valence-electron chi connectivity index (χ2n) is 4.67. The largest absolute Gasteiger partial charge is 0.494 e. The molecule has 0 saturated heterocycles. The van der Waals surface area contributed by atoms with Gasteiger partial charge in [-0.05, 0) is 43.2 Å². The van der Waals surface area contributed by atoms with Gasteiger partial charge in [-0.2, -0.15) is 0 Å². The van der Waals surface area contributed by atoms with Crippen molar-refractivity contribution >= 4 is 10.0 Å². The molecule has 0 bridgehead atoms. The Hall–Kier alpha value is -1.85. The molecule has 0 heterocycles. The number of hydrogen-bond donors (Lipinski definition) is 1. The van der Waals surface area contributed by atoms with E-state index >= 15 is 0 Å². The molecule has 0 aliphatic heterocycles. The smallest absolute Gasteiger partial charge is 0.241 e. The van der Waals surface area contributed by atoms with Gasteiger partial charge in [-0.3, -0.25) is 0 Å². The van der Waals surface area contributed by atoms with Crippen molar-refractivity contribution in [1.82, 2.24) is 4.72 Å². The quantitative estimate of drug-likeness (QED) is 0.893. The van der Waals surface area contributed by atoms with Gasteiger partial charge in [0, 0.05) is 6.54 Å². The summed E-state index contributed by atoms with van der Waals surface area (Å²) in [6.45, 7) is 4.51. The van der Waals surface area contributed by atoms with E-state index in [4.69, 9.17) is 4.74 Å². The molecule has 5 heteroatoms. The minimum Gasteiger partial charge on any atom is -0.494 e. The van der Waals surface area contributed by atoms with Crippen molar-refractivity contribution in [2.24, 2.45) is 0 Å². The Labute approximate surface area is 125 Å². The van der Waals surface area contributed by atoms with Crippen LogP contribution in [0.2, 0.25) is 0 Å². The van der Waals surface area contributed by atoms with Crippen molar-refractivity contribution in [1.29, 1.82) is 0 Å². The van der Waals surface area contributed by atoms with Crippen LogP contribution in [-0.4, -0.2) is 15.0 Å². The summed E-state index contributed by atoms with van der Waals surface area (Å²) in [5.41, 5.74) is 1.59. The lowest BCUT2D eigenvalue weighted by molar-refractivity contribution is 0.340. The number of rotatable bonds is 6. The number of sulfonamides is 1. The summed E-state index contributed by atoms with van der Waals surface area (Å²) < 4.78 is 32.6. The molecule has 0 aliphatic rings. The molecular weight excluding hydrogens is 286 g/mol. The Balaban J connectivity index is 2.12. The summed E-state index contributed by atoms with van der Waals surface area (Å²) in [5.74, 6) is 0.741. The van der Waals surface area contributed by atoms with E-state index in [2.05, 4.69) is 4.72 Å². The maximum Gasteiger partial charge on any atom is 0.241 e. The Morgan fingerprint density at radius 2 is 1.86 bits per heavy atom. The van der Waals surface area contributed by atoms with Gasteiger partial charge in [-0.1, -0.05) is 30.3 Å². The molecule has 0 fully saturated rings. The van der Waals surface area contributed by atoms with E-state index in [-0.39, 0.29) is 6.54 Å². The highest BCUT2D eigenvalue weighted by molar-refractivity contribution is 7.89. The van der Waals surface area contributed by atoms with Crippen LogP contribution in [0.15, 0.2) is 53.4 Å². The molecule has 4 nitrogen and oxygen atoms in total. The maximum atomic E-state index is 12.3. The van der Waals surface area contributed by atoms with Crippen LogP contribution in [0.5, 0.6) is 5.75 Å². The lowest BCUT2D eigenvalue weighted by Crippen LogP contribution is -2.23. The molecule has 2 aromatic carbocycles. The van der Waals surface area contributed by atoms with E-state index in [1.165, 1.54) is 0 Å². The summed E-state index contributed by atoms with van der Waals surface area (Å²) in [6, 6.07) is 14.3. The first-order chi connectivity index (χ1) is 10.0. The number of nitrogens with one attached hydrogen (secondary N) is 1. The molecule has 0 amide bonds. The topological polar surface area (TPSA) is 55.4 Å². The summed E-state index contributed by atoms with van der Waals surface area (Å²) >= 11 is 0. The molecule has 1 N–H and O–H groups in total. The van der Waals surface area contributed by atoms with Crippen LogP contribution < -0.4 is 9.46 Å². The van der Waals surface area contributed by atoms with Gasteiger partial charge in [-0.25, -0.2) is 13.1 Å². The number of hydrogen-bond acceptors (Lipinski definition) is 3. The predicted octanol–water partition coefficient (Wildman–Crippen LogP) is 2.87. The maximum absolute atomic E-state index is 12.3. The van der Waals surface area contributed by atoms with Crippen molar-refractivity contribution in [3.05, 3.63) is 59.7 Å². The molecular formula is C16H19NO3S. The number of ether oxygens (including phenoxy) is 1. The summed E-state index contributed by atoms with van der Waals surface area (Å²) in [6.07, 6.45) is 0. The molecule has 112 valence electrons. The molecule has 0 aromatic heterocycles. The highest BCUT2D eigenvalue weighted by Gasteiger charge is 2.15. The van der Waals surface area contributed by atoms with E-state index in [1.54, 1.807) is 25.1 Å². The van der Waals surface area contributed by atoms with E-state index in [0.29, 0.717) is 11.5 Å². The second kappa shape index (κ2) is 6.74. The molecule has 0 spiro atoms. The molecule has 2 rings (SSSR count). The summed E-state index contributed by atoms with van der Waals surface area (Å²) in [4.78, 5) is 0.311. The van der Waals surface area contributed by atoms with E-state index in [1.807, 2.05) is 37.3 Å². The molecule has 2 aromatic rings. The third kappa shape index (κ3) is 4.06. The zero-order valence-electron chi connectivity index (χ0n) is 12.2. The van der Waals surface area contributed by atoms with Gasteiger partial charge < -0.3 is 4.74 Å². The highest BCUT2D eigenvalue weighted by atomic mass is 32.2. The minimum atomic E-state index is -3.51. The van der Waals surface area contributed by atoms with E-state index in [0.717, 1.165) is 16.9 Å². The number of benzene rings is 2. The van der Waals surface area contributed by atoms with Gasteiger partial charge in [0.25, 0.3) is 0 Å². The minimum absolute atomic E-state index is 0.234. The van der Waals surface area contributed by atoms with Crippen LogP contribution in [0.1, 0.15) is 18.1 Å². The third-order valence-electron chi connectivity index (χ3n) is 3.06. The molecule has 0 atom stereocenters. The van der Waals surface area contributed by atoms with Gasteiger partial charge >= 0.3 is 0 Å². The SMILES string of the molecule is CCOc1cccc(CNS(=O)(=O)c2ccccc2C)c1. The standard InChI is InChI=1S/C16H19NO3S/c1-3-20-15-9-6-8-14(11-15)12-17-21(18,19)16-10-5-4-7-13(16)2/h4-11,17H,3,12H2,1-2H3. The van der Waals surface area contributed by atoms with Gasteiger partial charge in [0.2, 0.25) is 10.0 Å². The lowest BCUT2D eigenvalue weighted by Gasteiger charge is -2.10. The van der Waals surface area contributed by atoms with Crippen molar-refractivity contribution < 1.29 is 13.2 Å². The molecule has 21 heavy (non-hydrogen) atoms. The molecule has 0 aliphatic carbocycles. The fourth-order valence-corrected chi connectivity index (χ4v) is 3.29. The van der Waals surface area contributed by atoms with Crippen molar-refractivity contribution in [3.8, 4) is 5.75 Å². The van der Waals surface area contributed by atoms with E-state index < -0.39 is 10.0 Å². The Morgan fingerprint density at radius 3 is 2.57 bits per heavy atom. The third-order valence-corrected chi connectivity index (χ3v) is 4.62. The second-order valence-corrected chi connectivity index (χ2v) is 6.41. The van der Waals surface area contributed by atoms with Crippen LogP contribution in [0, 0.1) is 6.92 Å². The van der Waals surface area contributed by atoms with Crippen LogP contribution in [-0.2, 0) is 16.6 Å². The van der Waals surface area contributed by atoms with Gasteiger partial charge in [-0.15, -0.1) is 0 Å². The molecule has 0 radical (unpaired) electrons. The van der Waals surface area contributed by atoms with Gasteiger partial charge in [0.05, 0.1) is 11.5 Å². The normalized spacial score (nSPS) is 11.3. The van der Waals surface area contributed by atoms with Gasteiger partial charge in [0.1, 0.15) is 5.75 Å². The van der Waals surface area contributed by atoms with Gasteiger partial charge in [0.15, 0.2) is 0 Å². The van der Waals surface area contributed by atoms with Crippen LogP contribution in [0.25, 0.3) is 0 Å². The molecule has 0 saturated carbocycles. The predicted molar refractivity (Wildman–Crippen MR) is 82.8 cm³/mol.